The zero-order chi connectivity index (χ0) is 22.1. The maximum atomic E-state index is 12.4. The van der Waals surface area contributed by atoms with Gasteiger partial charge in [-0.05, 0) is 36.4 Å². The molecule has 1 N–H and O–H groups in total. The molecule has 0 aromatic heterocycles. The van der Waals surface area contributed by atoms with Crippen LogP contribution in [0.5, 0.6) is 23.0 Å². The molecule has 8 nitrogen and oxygen atoms in total. The highest BCUT2D eigenvalue weighted by Crippen LogP contribution is 2.25. The van der Waals surface area contributed by atoms with E-state index in [4.69, 9.17) is 14.2 Å². The monoisotopic (exact) mass is 428 g/mol. The fourth-order valence-corrected chi connectivity index (χ4v) is 3.31. The SMILES string of the molecule is COc1ccccc1OCCC(=O)N1CCN(C(=O)CCOc2ccc(O)cc2)CC1. The molecule has 2 aromatic rings. The molecule has 1 aliphatic heterocycles. The Balaban J connectivity index is 1.34. The van der Waals surface area contributed by atoms with Gasteiger partial charge in [-0.15, -0.1) is 0 Å². The molecule has 0 bridgehead atoms. The number of hydrogen-bond donors (Lipinski definition) is 1. The number of methoxy groups -OCH3 is 1. The van der Waals surface area contributed by atoms with Gasteiger partial charge in [-0.3, -0.25) is 9.59 Å². The van der Waals surface area contributed by atoms with E-state index in [9.17, 15) is 14.7 Å². The van der Waals surface area contributed by atoms with E-state index in [1.165, 1.54) is 12.1 Å². The van der Waals surface area contributed by atoms with Crippen molar-refractivity contribution in [3.8, 4) is 23.0 Å². The maximum Gasteiger partial charge on any atom is 0.226 e. The third-order valence-corrected chi connectivity index (χ3v) is 5.05. The molecule has 2 amide bonds. The molecule has 2 aromatic carbocycles. The van der Waals surface area contributed by atoms with Gasteiger partial charge in [-0.25, -0.2) is 0 Å². The normalized spacial score (nSPS) is 13.6. The number of phenols is 1. The molecule has 31 heavy (non-hydrogen) atoms. The molecular weight excluding hydrogens is 400 g/mol. The zero-order valence-corrected chi connectivity index (χ0v) is 17.7. The second-order valence-corrected chi connectivity index (χ2v) is 7.10. The van der Waals surface area contributed by atoms with Gasteiger partial charge < -0.3 is 29.1 Å². The first-order chi connectivity index (χ1) is 15.1. The van der Waals surface area contributed by atoms with Crippen molar-refractivity contribution in [1.29, 1.82) is 0 Å². The van der Waals surface area contributed by atoms with Gasteiger partial charge in [0, 0.05) is 26.2 Å². The minimum Gasteiger partial charge on any atom is -0.508 e. The van der Waals surface area contributed by atoms with E-state index in [2.05, 4.69) is 0 Å². The molecule has 0 aliphatic carbocycles. The quantitative estimate of drug-likeness (QED) is 0.659. The predicted molar refractivity (Wildman–Crippen MR) is 114 cm³/mol. The van der Waals surface area contributed by atoms with E-state index < -0.39 is 0 Å². The van der Waals surface area contributed by atoms with Crippen LogP contribution in [-0.4, -0.2) is 73.2 Å². The number of aromatic hydroxyl groups is 1. The number of para-hydroxylation sites is 2. The van der Waals surface area contributed by atoms with E-state index in [0.717, 1.165) is 0 Å². The molecular formula is C23H28N2O6. The number of amides is 2. The summed E-state index contributed by atoms with van der Waals surface area (Å²) in [7, 11) is 1.58. The minimum absolute atomic E-state index is 0.00498. The fourth-order valence-electron chi connectivity index (χ4n) is 3.31. The van der Waals surface area contributed by atoms with Crippen molar-refractivity contribution < 1.29 is 28.9 Å². The summed E-state index contributed by atoms with van der Waals surface area (Å²) in [5.41, 5.74) is 0. The molecule has 1 saturated heterocycles. The molecule has 3 rings (SSSR count). The second-order valence-electron chi connectivity index (χ2n) is 7.10. The average molecular weight is 428 g/mol. The van der Waals surface area contributed by atoms with Crippen LogP contribution < -0.4 is 14.2 Å². The lowest BCUT2D eigenvalue weighted by molar-refractivity contribution is -0.140. The summed E-state index contributed by atoms with van der Waals surface area (Å²) in [6.45, 7) is 2.58. The van der Waals surface area contributed by atoms with Crippen molar-refractivity contribution in [3.63, 3.8) is 0 Å². The van der Waals surface area contributed by atoms with Gasteiger partial charge in [-0.1, -0.05) is 12.1 Å². The van der Waals surface area contributed by atoms with Crippen LogP contribution in [0.3, 0.4) is 0 Å². The van der Waals surface area contributed by atoms with E-state index >= 15 is 0 Å². The van der Waals surface area contributed by atoms with Gasteiger partial charge in [0.2, 0.25) is 11.8 Å². The largest absolute Gasteiger partial charge is 0.508 e. The second kappa shape index (κ2) is 11.1. The third-order valence-electron chi connectivity index (χ3n) is 5.05. The predicted octanol–water partition coefficient (Wildman–Crippen LogP) is 2.31. The molecule has 8 heteroatoms. The molecule has 0 radical (unpaired) electrons. The Morgan fingerprint density at radius 3 is 1.87 bits per heavy atom. The van der Waals surface area contributed by atoms with Crippen LogP contribution in [0.15, 0.2) is 48.5 Å². The molecule has 0 atom stereocenters. The summed E-state index contributed by atoms with van der Waals surface area (Å²) in [6.07, 6.45) is 0.536. The van der Waals surface area contributed by atoms with Gasteiger partial charge in [0.25, 0.3) is 0 Å². The van der Waals surface area contributed by atoms with E-state index in [1.54, 1.807) is 35.1 Å². The summed E-state index contributed by atoms with van der Waals surface area (Å²) in [5.74, 6) is 2.04. The summed E-state index contributed by atoms with van der Waals surface area (Å²) in [4.78, 5) is 28.3. The maximum absolute atomic E-state index is 12.4. The topological polar surface area (TPSA) is 88.5 Å². The van der Waals surface area contributed by atoms with Crippen LogP contribution in [0.4, 0.5) is 0 Å². The van der Waals surface area contributed by atoms with Crippen molar-refractivity contribution in [2.24, 2.45) is 0 Å². The van der Waals surface area contributed by atoms with Crippen molar-refractivity contribution in [3.05, 3.63) is 48.5 Å². The Hall–Kier alpha value is -3.42. The Bertz CT molecular complexity index is 863. The van der Waals surface area contributed by atoms with Gasteiger partial charge in [0.1, 0.15) is 11.5 Å². The smallest absolute Gasteiger partial charge is 0.226 e. The van der Waals surface area contributed by atoms with Gasteiger partial charge in [-0.2, -0.15) is 0 Å². The highest BCUT2D eigenvalue weighted by molar-refractivity contribution is 5.78. The lowest BCUT2D eigenvalue weighted by Gasteiger charge is -2.35. The Morgan fingerprint density at radius 1 is 0.806 bits per heavy atom. The third kappa shape index (κ3) is 6.53. The number of ether oxygens (including phenoxy) is 3. The highest BCUT2D eigenvalue weighted by Gasteiger charge is 2.24. The fraction of sp³-hybridized carbons (Fsp3) is 0.391. The Morgan fingerprint density at radius 2 is 1.32 bits per heavy atom. The van der Waals surface area contributed by atoms with E-state index in [-0.39, 0.29) is 43.6 Å². The number of rotatable bonds is 9. The van der Waals surface area contributed by atoms with Crippen LogP contribution in [0.25, 0.3) is 0 Å². The Kier molecular flexibility index (Phi) is 7.98. The summed E-state index contributed by atoms with van der Waals surface area (Å²) in [5, 5.41) is 9.27. The van der Waals surface area contributed by atoms with E-state index in [1.807, 2.05) is 18.2 Å². The van der Waals surface area contributed by atoms with Crippen molar-refractivity contribution >= 4 is 11.8 Å². The molecule has 0 unspecified atom stereocenters. The minimum atomic E-state index is 0.00498. The molecule has 1 aliphatic rings. The standard InChI is InChI=1S/C23H28N2O6/c1-29-20-4-2-3-5-21(20)31-17-11-23(28)25-14-12-24(13-15-25)22(27)10-16-30-19-8-6-18(26)7-9-19/h2-9,26H,10-17H2,1H3. The molecule has 1 fully saturated rings. The lowest BCUT2D eigenvalue weighted by Crippen LogP contribution is -2.51. The molecule has 0 saturated carbocycles. The van der Waals surface area contributed by atoms with E-state index in [0.29, 0.717) is 43.4 Å². The lowest BCUT2D eigenvalue weighted by atomic mass is 10.2. The first-order valence-corrected chi connectivity index (χ1v) is 10.3. The molecule has 166 valence electrons. The van der Waals surface area contributed by atoms with Gasteiger partial charge in [0.15, 0.2) is 11.5 Å². The van der Waals surface area contributed by atoms with Crippen LogP contribution in [0, 0.1) is 0 Å². The first-order valence-electron chi connectivity index (χ1n) is 10.3. The van der Waals surface area contributed by atoms with Crippen LogP contribution in [0.1, 0.15) is 12.8 Å². The Labute approximate surface area is 181 Å². The number of nitrogens with zero attached hydrogens (tertiary/aromatic N) is 2. The number of phenolic OH excluding ortho intramolecular Hbond substituents is 1. The molecule has 1 heterocycles. The molecule has 0 spiro atoms. The summed E-state index contributed by atoms with van der Waals surface area (Å²) >= 11 is 0. The van der Waals surface area contributed by atoms with Crippen LogP contribution in [0.2, 0.25) is 0 Å². The number of piperazine rings is 1. The number of carbonyl (C=O) groups excluding carboxylic acids is 2. The summed E-state index contributed by atoms with van der Waals surface area (Å²) < 4.78 is 16.4. The highest BCUT2D eigenvalue weighted by atomic mass is 16.5. The first kappa shape index (κ1) is 22.3. The van der Waals surface area contributed by atoms with Crippen molar-refractivity contribution in [1.82, 2.24) is 9.80 Å². The number of hydrogen-bond acceptors (Lipinski definition) is 6. The number of benzene rings is 2. The van der Waals surface area contributed by atoms with Gasteiger partial charge in [0.05, 0.1) is 33.2 Å². The zero-order valence-electron chi connectivity index (χ0n) is 17.7. The summed E-state index contributed by atoms with van der Waals surface area (Å²) in [6, 6.07) is 13.7. The van der Waals surface area contributed by atoms with Crippen LogP contribution >= 0.6 is 0 Å². The van der Waals surface area contributed by atoms with Crippen molar-refractivity contribution in [2.75, 3.05) is 46.5 Å². The van der Waals surface area contributed by atoms with Crippen LogP contribution in [-0.2, 0) is 9.59 Å². The van der Waals surface area contributed by atoms with Crippen molar-refractivity contribution in [2.45, 2.75) is 12.8 Å². The number of carbonyl (C=O) groups is 2. The van der Waals surface area contributed by atoms with Gasteiger partial charge >= 0.3 is 0 Å². The average Bonchev–Trinajstić information content (AvgIpc) is 2.80.